The Morgan fingerprint density at radius 3 is 2.00 bits per heavy atom. The standard InChI is InChI=1S/C15H33N3/c1-7-8-9-10-11-12-13-16-14(18(5)6)17-15(2,3)4/h7-13H2,1-6H3,(H,16,17)/p+1. The Labute approximate surface area is 114 Å². The van der Waals surface area contributed by atoms with Gasteiger partial charge in [-0.25, -0.2) is 0 Å². The molecule has 0 aromatic carbocycles. The molecule has 108 valence electrons. The molecule has 0 atom stereocenters. The van der Waals surface area contributed by atoms with Crippen molar-refractivity contribution in [2.24, 2.45) is 0 Å². The molecule has 0 radical (unpaired) electrons. The largest absolute Gasteiger partial charge is 0.345 e. The van der Waals surface area contributed by atoms with Crippen LogP contribution < -0.4 is 10.6 Å². The number of nitrogens with one attached hydrogen (secondary N) is 2. The van der Waals surface area contributed by atoms with E-state index in [0.717, 1.165) is 12.5 Å². The Hall–Kier alpha value is -0.730. The fourth-order valence-corrected chi connectivity index (χ4v) is 1.78. The smallest absolute Gasteiger partial charge is 0.278 e. The Morgan fingerprint density at radius 1 is 0.944 bits per heavy atom. The molecule has 0 fully saturated rings. The van der Waals surface area contributed by atoms with E-state index >= 15 is 0 Å². The number of unbranched alkanes of at least 4 members (excludes halogenated alkanes) is 5. The third-order valence-electron chi connectivity index (χ3n) is 2.76. The second kappa shape index (κ2) is 9.23. The summed E-state index contributed by atoms with van der Waals surface area (Å²) in [5.41, 5.74) is 0.105. The van der Waals surface area contributed by atoms with E-state index in [0.29, 0.717) is 0 Å². The van der Waals surface area contributed by atoms with Crippen LogP contribution in [0.25, 0.3) is 0 Å². The minimum absolute atomic E-state index is 0.105. The van der Waals surface area contributed by atoms with Crippen molar-refractivity contribution in [3.63, 3.8) is 0 Å². The van der Waals surface area contributed by atoms with Crippen LogP contribution in [-0.2, 0) is 0 Å². The molecule has 0 rings (SSSR count). The molecule has 0 saturated heterocycles. The second-order valence-electron chi connectivity index (χ2n) is 6.31. The van der Waals surface area contributed by atoms with Crippen molar-refractivity contribution in [2.45, 2.75) is 71.8 Å². The minimum atomic E-state index is 0.105. The highest BCUT2D eigenvalue weighted by Crippen LogP contribution is 2.04. The van der Waals surface area contributed by atoms with E-state index in [1.54, 1.807) is 0 Å². The Balaban J connectivity index is 3.77. The molecule has 0 aliphatic carbocycles. The predicted octanol–water partition coefficient (Wildman–Crippen LogP) is 2.95. The molecule has 0 spiro atoms. The van der Waals surface area contributed by atoms with Gasteiger partial charge in [-0.3, -0.25) is 15.2 Å². The lowest BCUT2D eigenvalue weighted by atomic mass is 10.1. The number of rotatable bonds is 7. The van der Waals surface area contributed by atoms with Crippen LogP contribution in [0.1, 0.15) is 66.2 Å². The normalized spacial score (nSPS) is 11.2. The molecule has 2 N–H and O–H groups in total. The van der Waals surface area contributed by atoms with Crippen molar-refractivity contribution in [2.75, 3.05) is 20.6 Å². The van der Waals surface area contributed by atoms with Crippen LogP contribution in [0, 0.1) is 0 Å². The monoisotopic (exact) mass is 256 g/mol. The summed E-state index contributed by atoms with van der Waals surface area (Å²) in [6.07, 6.45) is 8.07. The first-order valence-corrected chi connectivity index (χ1v) is 7.43. The molecule has 0 amide bonds. The first-order chi connectivity index (χ1) is 8.37. The van der Waals surface area contributed by atoms with Crippen molar-refractivity contribution in [1.29, 1.82) is 0 Å². The fraction of sp³-hybridized carbons (Fsp3) is 0.933. The number of guanidine groups is 1. The summed E-state index contributed by atoms with van der Waals surface area (Å²) in [6, 6.07) is 0. The molecule has 0 unspecified atom stereocenters. The Bertz CT molecular complexity index is 235. The third kappa shape index (κ3) is 10.4. The van der Waals surface area contributed by atoms with Crippen molar-refractivity contribution in [1.82, 2.24) is 10.6 Å². The zero-order chi connectivity index (χ0) is 14.0. The maximum absolute atomic E-state index is 3.50. The van der Waals surface area contributed by atoms with Crippen molar-refractivity contribution in [3.05, 3.63) is 0 Å². The second-order valence-corrected chi connectivity index (χ2v) is 6.31. The van der Waals surface area contributed by atoms with Gasteiger partial charge in [0.15, 0.2) is 0 Å². The summed E-state index contributed by atoms with van der Waals surface area (Å²) in [5.74, 6) is 1.12. The third-order valence-corrected chi connectivity index (χ3v) is 2.76. The lowest BCUT2D eigenvalue weighted by Gasteiger charge is -2.19. The molecule has 0 aliphatic heterocycles. The minimum Gasteiger partial charge on any atom is -0.278 e. The molecular formula is C15H34N3+. The van der Waals surface area contributed by atoms with Gasteiger partial charge >= 0.3 is 5.96 Å². The summed E-state index contributed by atoms with van der Waals surface area (Å²) < 4.78 is 2.11. The summed E-state index contributed by atoms with van der Waals surface area (Å²) in [6.45, 7) is 9.87. The van der Waals surface area contributed by atoms with Crippen molar-refractivity contribution >= 4 is 5.96 Å². The van der Waals surface area contributed by atoms with Crippen molar-refractivity contribution in [3.8, 4) is 0 Å². The number of nitrogens with zero attached hydrogens (tertiary/aromatic N) is 1. The molecule has 0 bridgehead atoms. The predicted molar refractivity (Wildman–Crippen MR) is 81.4 cm³/mol. The zero-order valence-corrected chi connectivity index (χ0v) is 13.4. The quantitative estimate of drug-likeness (QED) is 0.317. The van der Waals surface area contributed by atoms with Gasteiger partial charge in [0.2, 0.25) is 0 Å². The lowest BCUT2D eigenvalue weighted by molar-refractivity contribution is -0.469. The van der Waals surface area contributed by atoms with Gasteiger partial charge < -0.3 is 0 Å². The maximum atomic E-state index is 3.50. The molecule has 0 heterocycles. The molecule has 0 aromatic rings. The van der Waals surface area contributed by atoms with E-state index in [-0.39, 0.29) is 5.54 Å². The maximum Gasteiger partial charge on any atom is 0.345 e. The van der Waals surface area contributed by atoms with E-state index in [4.69, 9.17) is 0 Å². The molecule has 0 saturated carbocycles. The highest BCUT2D eigenvalue weighted by atomic mass is 15.2. The summed E-state index contributed by atoms with van der Waals surface area (Å²) in [7, 11) is 4.14. The van der Waals surface area contributed by atoms with Gasteiger partial charge in [0, 0.05) is 0 Å². The first kappa shape index (κ1) is 17.3. The van der Waals surface area contributed by atoms with Gasteiger partial charge in [0.25, 0.3) is 0 Å². The molecule has 18 heavy (non-hydrogen) atoms. The van der Waals surface area contributed by atoms with Crippen LogP contribution in [0.15, 0.2) is 0 Å². The Morgan fingerprint density at radius 2 is 1.50 bits per heavy atom. The molecule has 0 aromatic heterocycles. The van der Waals surface area contributed by atoms with Crippen LogP contribution in [0.5, 0.6) is 0 Å². The van der Waals surface area contributed by atoms with Gasteiger partial charge in [-0.2, -0.15) is 0 Å². The van der Waals surface area contributed by atoms with E-state index in [1.165, 1.54) is 38.5 Å². The molecule has 3 heteroatoms. The molecule has 3 nitrogen and oxygen atoms in total. The molecular weight excluding hydrogens is 222 g/mol. The lowest BCUT2D eigenvalue weighted by Crippen LogP contribution is -2.51. The zero-order valence-electron chi connectivity index (χ0n) is 13.4. The topological polar surface area (TPSA) is 27.1 Å². The van der Waals surface area contributed by atoms with Gasteiger partial charge in [-0.15, -0.1) is 0 Å². The molecule has 0 aliphatic rings. The average molecular weight is 256 g/mol. The van der Waals surface area contributed by atoms with Gasteiger partial charge in [0.1, 0.15) is 0 Å². The number of hydrogen-bond acceptors (Lipinski definition) is 0. The summed E-state index contributed by atoms with van der Waals surface area (Å²) in [5, 5.41) is 7.00. The van der Waals surface area contributed by atoms with Crippen LogP contribution in [0.4, 0.5) is 0 Å². The van der Waals surface area contributed by atoms with E-state index in [2.05, 4.69) is 57.0 Å². The van der Waals surface area contributed by atoms with E-state index < -0.39 is 0 Å². The van der Waals surface area contributed by atoms with Gasteiger partial charge in [0.05, 0.1) is 26.2 Å². The Kier molecular flexibility index (Phi) is 8.86. The van der Waals surface area contributed by atoms with E-state index in [1.807, 2.05) is 0 Å². The van der Waals surface area contributed by atoms with Crippen molar-refractivity contribution < 1.29 is 4.58 Å². The van der Waals surface area contributed by atoms with Crippen LogP contribution in [-0.4, -0.2) is 36.7 Å². The summed E-state index contributed by atoms with van der Waals surface area (Å²) in [4.78, 5) is 0. The highest BCUT2D eigenvalue weighted by Gasteiger charge is 2.18. The summed E-state index contributed by atoms with van der Waals surface area (Å²) >= 11 is 0. The van der Waals surface area contributed by atoms with Crippen LogP contribution >= 0.6 is 0 Å². The highest BCUT2D eigenvalue weighted by molar-refractivity contribution is 5.75. The average Bonchev–Trinajstić information content (AvgIpc) is 2.24. The first-order valence-electron chi connectivity index (χ1n) is 7.43. The SMILES string of the molecule is CCCCCCCCNC(NC(C)(C)C)=[N+](C)C. The van der Waals surface area contributed by atoms with Crippen LogP contribution in [0.3, 0.4) is 0 Å². The fourth-order valence-electron chi connectivity index (χ4n) is 1.78. The van der Waals surface area contributed by atoms with Crippen LogP contribution in [0.2, 0.25) is 0 Å². The van der Waals surface area contributed by atoms with Gasteiger partial charge in [-0.05, 0) is 27.2 Å². The number of hydrogen-bond donors (Lipinski definition) is 2. The van der Waals surface area contributed by atoms with E-state index in [9.17, 15) is 0 Å². The van der Waals surface area contributed by atoms with Gasteiger partial charge in [-0.1, -0.05) is 39.0 Å².